The van der Waals surface area contributed by atoms with Gasteiger partial charge < -0.3 is 20.7 Å². The van der Waals surface area contributed by atoms with Crippen LogP contribution in [-0.2, 0) is 11.3 Å². The van der Waals surface area contributed by atoms with Gasteiger partial charge in [0, 0.05) is 37.7 Å². The molecule has 0 aliphatic heterocycles. The minimum atomic E-state index is -0.226. The summed E-state index contributed by atoms with van der Waals surface area (Å²) in [5.74, 6) is 0.564. The van der Waals surface area contributed by atoms with Gasteiger partial charge in [0.25, 0.3) is 5.91 Å². The van der Waals surface area contributed by atoms with Gasteiger partial charge in [-0.1, -0.05) is 42.5 Å². The summed E-state index contributed by atoms with van der Waals surface area (Å²) in [4.78, 5) is 28.3. The second-order valence-corrected chi connectivity index (χ2v) is 7.32. The zero-order valence-corrected chi connectivity index (χ0v) is 18.6. The van der Waals surface area contributed by atoms with Gasteiger partial charge in [-0.2, -0.15) is 4.98 Å². The van der Waals surface area contributed by atoms with E-state index in [1.54, 1.807) is 13.2 Å². The Kier molecular flexibility index (Phi) is 7.94. The highest BCUT2D eigenvalue weighted by molar-refractivity contribution is 6.05. The van der Waals surface area contributed by atoms with E-state index >= 15 is 0 Å². The van der Waals surface area contributed by atoms with Crippen molar-refractivity contribution in [3.8, 4) is 17.0 Å². The first kappa shape index (κ1) is 23.0. The summed E-state index contributed by atoms with van der Waals surface area (Å²) in [5.41, 5.74) is 4.44. The normalized spacial score (nSPS) is 10.5. The van der Waals surface area contributed by atoms with Crippen molar-refractivity contribution < 1.29 is 14.3 Å². The van der Waals surface area contributed by atoms with Crippen molar-refractivity contribution in [2.24, 2.45) is 0 Å². The third kappa shape index (κ3) is 5.92. The van der Waals surface area contributed by atoms with Crippen LogP contribution in [0.4, 0.5) is 5.82 Å². The zero-order chi connectivity index (χ0) is 22.9. The predicted octanol–water partition coefficient (Wildman–Crippen LogP) is 3.54. The number of amides is 2. The molecule has 1 heterocycles. The lowest BCUT2D eigenvalue weighted by Crippen LogP contribution is -2.30. The third-order valence-electron chi connectivity index (χ3n) is 5.03. The molecule has 3 N–H and O–H groups in total. The van der Waals surface area contributed by atoms with Crippen molar-refractivity contribution in [1.29, 1.82) is 0 Å². The first-order chi connectivity index (χ1) is 15.5. The third-order valence-corrected chi connectivity index (χ3v) is 5.03. The largest absolute Gasteiger partial charge is 0.481 e. The highest BCUT2D eigenvalue weighted by Crippen LogP contribution is 2.26. The lowest BCUT2D eigenvalue weighted by molar-refractivity contribution is -0.118. The number of carbonyl (C=O) groups excluding carboxylic acids is 2. The number of methoxy groups -OCH3 is 1. The molecule has 0 radical (unpaired) electrons. The summed E-state index contributed by atoms with van der Waals surface area (Å²) in [5, 5.41) is 8.83. The summed E-state index contributed by atoms with van der Waals surface area (Å²) in [6.07, 6.45) is 0. The van der Waals surface area contributed by atoms with Gasteiger partial charge in [-0.3, -0.25) is 9.59 Å². The average Bonchev–Trinajstić information content (AvgIpc) is 2.80. The number of aromatic nitrogens is 1. The molecule has 7 heteroatoms. The highest BCUT2D eigenvalue weighted by Gasteiger charge is 2.14. The number of benzene rings is 2. The first-order valence-electron chi connectivity index (χ1n) is 10.4. The van der Waals surface area contributed by atoms with Crippen LogP contribution in [0.3, 0.4) is 0 Å². The van der Waals surface area contributed by atoms with Gasteiger partial charge in [-0.15, -0.1) is 0 Å². The van der Waals surface area contributed by atoms with Gasteiger partial charge >= 0.3 is 0 Å². The quantitative estimate of drug-likeness (QED) is 0.450. The fraction of sp³-hybridized carbons (Fsp3) is 0.240. The lowest BCUT2D eigenvalue weighted by Gasteiger charge is -2.13. The zero-order valence-electron chi connectivity index (χ0n) is 18.6. The van der Waals surface area contributed by atoms with Crippen LogP contribution in [0.2, 0.25) is 0 Å². The number of ether oxygens (including phenoxy) is 1. The first-order valence-corrected chi connectivity index (χ1v) is 10.4. The Morgan fingerprint density at radius 1 is 0.969 bits per heavy atom. The number of nitrogens with one attached hydrogen (secondary N) is 3. The number of rotatable bonds is 9. The molecule has 0 aliphatic rings. The number of pyridine rings is 1. The number of anilines is 1. The van der Waals surface area contributed by atoms with Crippen LogP contribution in [0, 0.1) is 6.92 Å². The van der Waals surface area contributed by atoms with E-state index in [4.69, 9.17) is 4.74 Å². The van der Waals surface area contributed by atoms with E-state index in [0.717, 1.165) is 22.3 Å². The Labute approximate surface area is 188 Å². The van der Waals surface area contributed by atoms with Gasteiger partial charge in [0.05, 0.1) is 7.11 Å². The minimum absolute atomic E-state index is 0.0596. The van der Waals surface area contributed by atoms with E-state index in [1.807, 2.05) is 61.5 Å². The fourth-order valence-electron chi connectivity index (χ4n) is 3.40. The van der Waals surface area contributed by atoms with Crippen LogP contribution in [0.5, 0.6) is 5.88 Å². The molecule has 0 fully saturated rings. The molecule has 2 aromatic carbocycles. The topological polar surface area (TPSA) is 92.3 Å². The number of hydrogen-bond donors (Lipinski definition) is 3. The Hall–Kier alpha value is -3.71. The van der Waals surface area contributed by atoms with Crippen LogP contribution in [-0.4, -0.2) is 37.0 Å². The molecule has 0 aliphatic carbocycles. The lowest BCUT2D eigenvalue weighted by atomic mass is 9.96. The summed E-state index contributed by atoms with van der Waals surface area (Å²) < 4.78 is 5.40. The molecule has 3 aromatic rings. The summed E-state index contributed by atoms with van der Waals surface area (Å²) in [7, 11) is 1.54. The molecule has 2 amide bonds. The number of nitrogens with zero attached hydrogens (tertiary/aromatic N) is 1. The fourth-order valence-corrected chi connectivity index (χ4v) is 3.40. The van der Waals surface area contributed by atoms with Crippen LogP contribution in [0.25, 0.3) is 11.1 Å². The van der Waals surface area contributed by atoms with Crippen LogP contribution in [0.15, 0.2) is 60.7 Å². The number of hydrogen-bond acceptors (Lipinski definition) is 5. The van der Waals surface area contributed by atoms with E-state index in [1.165, 1.54) is 6.92 Å². The Morgan fingerprint density at radius 2 is 1.75 bits per heavy atom. The van der Waals surface area contributed by atoms with Crippen molar-refractivity contribution in [2.75, 3.05) is 25.5 Å². The minimum Gasteiger partial charge on any atom is -0.481 e. The van der Waals surface area contributed by atoms with E-state index in [0.29, 0.717) is 36.9 Å². The highest BCUT2D eigenvalue weighted by atomic mass is 16.5. The van der Waals surface area contributed by atoms with Gasteiger partial charge in [0.15, 0.2) is 0 Å². The molecule has 3 rings (SSSR count). The van der Waals surface area contributed by atoms with Crippen molar-refractivity contribution >= 4 is 17.6 Å². The number of carbonyl (C=O) groups is 2. The van der Waals surface area contributed by atoms with E-state index in [-0.39, 0.29) is 11.8 Å². The molecule has 0 saturated carbocycles. The monoisotopic (exact) mass is 432 g/mol. The van der Waals surface area contributed by atoms with Crippen LogP contribution < -0.4 is 20.7 Å². The van der Waals surface area contributed by atoms with Gasteiger partial charge in [0.1, 0.15) is 5.82 Å². The average molecular weight is 433 g/mol. The Bertz CT molecular complexity index is 1080. The van der Waals surface area contributed by atoms with Gasteiger partial charge in [-0.05, 0) is 41.8 Å². The molecule has 0 atom stereocenters. The second kappa shape index (κ2) is 11.1. The molecule has 0 bridgehead atoms. The molecule has 7 nitrogen and oxygen atoms in total. The Balaban J connectivity index is 1.69. The van der Waals surface area contributed by atoms with Crippen LogP contribution in [0.1, 0.15) is 28.4 Å². The van der Waals surface area contributed by atoms with Crippen molar-refractivity contribution in [3.05, 3.63) is 77.4 Å². The maximum absolute atomic E-state index is 13.0. The summed E-state index contributed by atoms with van der Waals surface area (Å²) in [6, 6.07) is 19.3. The SMILES string of the molecule is COc1nc(NC(=O)c2cccc(-c3ccccc3)c2C)ccc1CNCCNC(C)=O. The standard InChI is InChI=1S/C25H28N4O3/c1-17-21(19-8-5-4-6-9-19)10-7-11-22(17)24(31)28-23-13-12-20(25(29-23)32-3)16-26-14-15-27-18(2)30/h4-13,26H,14-16H2,1-3H3,(H,27,30)(H,28,29,31). The van der Waals surface area contributed by atoms with Crippen molar-refractivity contribution in [3.63, 3.8) is 0 Å². The smallest absolute Gasteiger partial charge is 0.257 e. The molecule has 32 heavy (non-hydrogen) atoms. The van der Waals surface area contributed by atoms with Crippen molar-refractivity contribution in [1.82, 2.24) is 15.6 Å². The maximum atomic E-state index is 13.0. The molecule has 0 spiro atoms. The van der Waals surface area contributed by atoms with E-state index in [9.17, 15) is 9.59 Å². The maximum Gasteiger partial charge on any atom is 0.257 e. The van der Waals surface area contributed by atoms with Gasteiger partial charge in [0.2, 0.25) is 11.8 Å². The molecule has 0 saturated heterocycles. The Morgan fingerprint density at radius 3 is 2.47 bits per heavy atom. The van der Waals surface area contributed by atoms with E-state index < -0.39 is 0 Å². The molecular weight excluding hydrogens is 404 g/mol. The molecule has 1 aromatic heterocycles. The molecule has 166 valence electrons. The summed E-state index contributed by atoms with van der Waals surface area (Å²) in [6.45, 7) is 5.13. The summed E-state index contributed by atoms with van der Waals surface area (Å²) >= 11 is 0. The van der Waals surface area contributed by atoms with Gasteiger partial charge in [-0.25, -0.2) is 0 Å². The van der Waals surface area contributed by atoms with Crippen LogP contribution >= 0.6 is 0 Å². The molecular formula is C25H28N4O3. The van der Waals surface area contributed by atoms with Crippen molar-refractivity contribution in [2.45, 2.75) is 20.4 Å². The predicted molar refractivity (Wildman–Crippen MR) is 126 cm³/mol. The second-order valence-electron chi connectivity index (χ2n) is 7.32. The molecule has 0 unspecified atom stereocenters. The van der Waals surface area contributed by atoms with E-state index in [2.05, 4.69) is 20.9 Å².